The molecule has 0 spiro atoms. The molecule has 0 aromatic heterocycles. The maximum atomic E-state index is 9.59. The monoisotopic (exact) mass is 331 g/mol. The number of carboxylic acid groups (broad SMARTS) is 1. The van der Waals surface area contributed by atoms with Gasteiger partial charge < -0.3 is 29.8 Å². The average Bonchev–Trinajstić information content (AvgIpc) is 1.78. The largest absolute Gasteiger partial charge is 0.756 e. The van der Waals surface area contributed by atoms with Gasteiger partial charge >= 0.3 is 13.8 Å². The van der Waals surface area contributed by atoms with Crippen molar-refractivity contribution in [1.29, 1.82) is 0 Å². The molecule has 0 radical (unpaired) electrons. The van der Waals surface area contributed by atoms with Crippen LogP contribution in [0, 0.1) is 0 Å². The van der Waals surface area contributed by atoms with Crippen molar-refractivity contribution in [3.05, 3.63) is 0 Å². The van der Waals surface area contributed by atoms with Crippen LogP contribution in [0.1, 0.15) is 6.92 Å². The maximum absolute atomic E-state index is 9.59. The first-order valence-electron chi connectivity index (χ1n) is 3.06. The van der Waals surface area contributed by atoms with Crippen LogP contribution >= 0.6 is 15.6 Å². The first-order valence-corrected chi connectivity index (χ1v) is 6.09. The number of carbonyl (C=O) groups is 1. The van der Waals surface area contributed by atoms with E-state index in [4.69, 9.17) is 24.9 Å². The van der Waals surface area contributed by atoms with Gasteiger partial charge in [0.15, 0.2) is 0 Å². The van der Waals surface area contributed by atoms with Crippen LogP contribution in [0.3, 0.4) is 0 Å². The molecule has 2 atom stereocenters. The van der Waals surface area contributed by atoms with E-state index in [2.05, 4.69) is 4.31 Å². The predicted octanol–water partition coefficient (Wildman–Crippen LogP) is -1.99. The number of aliphatic carboxylic acids is 1. The summed E-state index contributed by atoms with van der Waals surface area (Å²) in [6, 6.07) is 0. The van der Waals surface area contributed by atoms with E-state index >= 15 is 0 Å². The van der Waals surface area contributed by atoms with E-state index in [0.717, 1.165) is 0 Å². The summed E-state index contributed by atoms with van der Waals surface area (Å²) in [5.41, 5.74) is 0. The van der Waals surface area contributed by atoms with Crippen LogP contribution in [0.15, 0.2) is 0 Å². The summed E-state index contributed by atoms with van der Waals surface area (Å²) in [6.07, 6.45) is -1.23. The third kappa shape index (κ3) is 23.9. The average molecular weight is 332 g/mol. The number of hydrogen-bond acceptors (Lipinski definition) is 6. The summed E-state index contributed by atoms with van der Waals surface area (Å²) in [7, 11) is -10.4. The number of aliphatic hydroxyl groups excluding tert-OH is 1. The molecule has 16 heavy (non-hydrogen) atoms. The van der Waals surface area contributed by atoms with Crippen LogP contribution in [-0.2, 0) is 37.7 Å². The quantitative estimate of drug-likeness (QED) is 0.286. The molecule has 0 heterocycles. The van der Waals surface area contributed by atoms with Gasteiger partial charge in [0, 0.05) is 19.5 Å². The fourth-order valence-corrected chi connectivity index (χ4v) is 1.21. The standard InChI is InChI=1S/C3H6O3.H4O7P2.Zn/c1-2(4)3(5)6;1-8(2,3)7-9(4,5)6;/h2,4H,1H3,(H,5,6);(H2,1,2,3)(H2,4,5,6);/p-1. The minimum absolute atomic E-state index is 0. The fourth-order valence-electron chi connectivity index (χ4n) is 0.134. The first-order chi connectivity index (χ1) is 6.35. The summed E-state index contributed by atoms with van der Waals surface area (Å²) in [4.78, 5) is 42.0. The van der Waals surface area contributed by atoms with Crippen LogP contribution < -0.4 is 4.89 Å². The third-order valence-corrected chi connectivity index (χ3v) is 2.24. The van der Waals surface area contributed by atoms with Crippen LogP contribution in [0.5, 0.6) is 0 Å². The molecule has 5 N–H and O–H groups in total. The molecule has 0 aliphatic heterocycles. The van der Waals surface area contributed by atoms with Gasteiger partial charge in [-0.05, 0) is 6.92 Å². The van der Waals surface area contributed by atoms with Crippen molar-refractivity contribution in [2.45, 2.75) is 13.0 Å². The van der Waals surface area contributed by atoms with Gasteiger partial charge in [0.1, 0.15) is 6.10 Å². The summed E-state index contributed by atoms with van der Waals surface area (Å²) < 4.78 is 21.9. The normalized spacial score (nSPS) is 15.9. The van der Waals surface area contributed by atoms with E-state index in [1.165, 1.54) is 6.92 Å². The molecular weight excluding hydrogens is 323 g/mol. The molecule has 13 heteroatoms. The number of phosphoric acid groups is 2. The Hall–Kier alpha value is 0.313. The smallest absolute Gasteiger partial charge is 0.476 e. The minimum atomic E-state index is -5.30. The Morgan fingerprint density at radius 3 is 1.56 bits per heavy atom. The summed E-state index contributed by atoms with van der Waals surface area (Å²) in [5.74, 6) is -1.19. The van der Waals surface area contributed by atoms with Crippen molar-refractivity contribution >= 4 is 21.6 Å². The summed E-state index contributed by atoms with van der Waals surface area (Å²) >= 11 is 0. The van der Waals surface area contributed by atoms with Crippen molar-refractivity contribution < 1.29 is 67.5 Å². The zero-order valence-corrected chi connectivity index (χ0v) is 12.7. The van der Waals surface area contributed by atoms with Crippen molar-refractivity contribution in [1.82, 2.24) is 0 Å². The van der Waals surface area contributed by atoms with Gasteiger partial charge in [0.05, 0.1) is 0 Å². The topological polar surface area (TPSA) is 185 Å². The third-order valence-electron chi connectivity index (χ3n) is 0.567. The molecule has 0 aromatic rings. The number of rotatable bonds is 3. The zero-order valence-electron chi connectivity index (χ0n) is 7.96. The predicted molar refractivity (Wildman–Crippen MR) is 42.3 cm³/mol. The SMILES string of the molecule is CC(O)C(=O)O.O=P([O-])(O)OP(=O)(O)O.[Zn]. The van der Waals surface area contributed by atoms with Gasteiger partial charge in [-0.1, -0.05) is 0 Å². The zero-order chi connectivity index (χ0) is 12.9. The van der Waals surface area contributed by atoms with Gasteiger partial charge in [-0.25, -0.2) is 13.7 Å². The van der Waals surface area contributed by atoms with Gasteiger partial charge in [-0.15, -0.1) is 0 Å². The maximum Gasteiger partial charge on any atom is 0.476 e. The molecule has 0 aliphatic carbocycles. The van der Waals surface area contributed by atoms with Crippen molar-refractivity contribution in [2.75, 3.05) is 0 Å². The molecular formula is C3H9O10P2Zn-. The van der Waals surface area contributed by atoms with E-state index in [-0.39, 0.29) is 19.5 Å². The second kappa shape index (κ2) is 8.41. The molecule has 94 valence electrons. The molecule has 0 fully saturated rings. The molecule has 2 unspecified atom stereocenters. The van der Waals surface area contributed by atoms with E-state index in [1.807, 2.05) is 0 Å². The Morgan fingerprint density at radius 2 is 1.56 bits per heavy atom. The molecule has 10 nitrogen and oxygen atoms in total. The molecule has 0 aliphatic rings. The van der Waals surface area contributed by atoms with E-state index < -0.39 is 27.7 Å². The van der Waals surface area contributed by atoms with E-state index in [1.54, 1.807) is 0 Å². The van der Waals surface area contributed by atoms with Crippen molar-refractivity contribution in [3.63, 3.8) is 0 Å². The number of hydrogen-bond donors (Lipinski definition) is 5. The van der Waals surface area contributed by atoms with Crippen LogP contribution in [0.2, 0.25) is 0 Å². The summed E-state index contributed by atoms with van der Waals surface area (Å²) in [5, 5.41) is 15.8. The van der Waals surface area contributed by atoms with Crippen LogP contribution in [0.25, 0.3) is 0 Å². The first kappa shape index (κ1) is 21.6. The molecule has 0 saturated carbocycles. The second-order valence-corrected chi connectivity index (χ2v) is 4.63. The van der Waals surface area contributed by atoms with Gasteiger partial charge in [-0.3, -0.25) is 4.57 Å². The Bertz CT molecular complexity index is 268. The number of aliphatic hydroxyl groups is 1. The van der Waals surface area contributed by atoms with E-state index in [9.17, 15) is 18.8 Å². The van der Waals surface area contributed by atoms with Gasteiger partial charge in [0.2, 0.25) is 0 Å². The van der Waals surface area contributed by atoms with Crippen LogP contribution in [0.4, 0.5) is 0 Å². The van der Waals surface area contributed by atoms with Crippen molar-refractivity contribution in [2.24, 2.45) is 0 Å². The summed E-state index contributed by atoms with van der Waals surface area (Å²) in [6.45, 7) is 1.20. The molecule has 0 bridgehead atoms. The van der Waals surface area contributed by atoms with Crippen molar-refractivity contribution in [3.8, 4) is 0 Å². The second-order valence-electron chi connectivity index (χ2n) is 2.05. The molecule has 0 rings (SSSR count). The number of carboxylic acids is 1. The van der Waals surface area contributed by atoms with Gasteiger partial charge in [-0.2, -0.15) is 0 Å². The Morgan fingerprint density at radius 1 is 1.31 bits per heavy atom. The molecule has 0 saturated heterocycles. The molecule has 0 aromatic carbocycles. The van der Waals surface area contributed by atoms with Gasteiger partial charge in [0.25, 0.3) is 7.82 Å². The minimum Gasteiger partial charge on any atom is -0.756 e. The van der Waals surface area contributed by atoms with E-state index in [0.29, 0.717) is 0 Å². The molecule has 0 amide bonds. The fraction of sp³-hybridized carbons (Fsp3) is 0.667. The Kier molecular flexibility index (Phi) is 11.3. The van der Waals surface area contributed by atoms with Crippen LogP contribution in [-0.4, -0.2) is 37.0 Å². The Labute approximate surface area is 102 Å². The Balaban J connectivity index is -0.000000214.